The Labute approximate surface area is 162 Å². The first-order chi connectivity index (χ1) is 13.7. The summed E-state index contributed by atoms with van der Waals surface area (Å²) >= 11 is 0. The van der Waals surface area contributed by atoms with Crippen molar-refractivity contribution in [3.8, 4) is 22.9 Å². The number of aromatic nitrogens is 2. The maximum atomic E-state index is 12.3. The summed E-state index contributed by atoms with van der Waals surface area (Å²) in [6.45, 7) is 0.898. The van der Waals surface area contributed by atoms with E-state index in [9.17, 15) is 4.79 Å². The molecule has 0 bridgehead atoms. The van der Waals surface area contributed by atoms with E-state index in [1.165, 1.54) is 0 Å². The maximum Gasteiger partial charge on any atom is 0.264 e. The number of para-hydroxylation sites is 1. The predicted molar refractivity (Wildman–Crippen MR) is 101 cm³/mol. The van der Waals surface area contributed by atoms with Gasteiger partial charge >= 0.3 is 0 Å². The Bertz CT molecular complexity index is 908. The molecule has 0 unspecified atom stereocenters. The third-order valence-corrected chi connectivity index (χ3v) is 3.89. The van der Waals surface area contributed by atoms with Crippen LogP contribution in [-0.2, 0) is 11.3 Å². The topological polar surface area (TPSA) is 95.7 Å². The number of carbonyl (C=O) groups is 1. The minimum atomic E-state index is -0.239. The summed E-state index contributed by atoms with van der Waals surface area (Å²) in [5.74, 6) is 1.70. The Kier molecular flexibility index (Phi) is 6.59. The molecule has 0 spiro atoms. The average molecular weight is 383 g/mol. The highest BCUT2D eigenvalue weighted by atomic mass is 16.5. The molecule has 8 heteroatoms. The summed E-state index contributed by atoms with van der Waals surface area (Å²) in [6, 6.07) is 14.3. The second-order valence-electron chi connectivity index (χ2n) is 5.77. The van der Waals surface area contributed by atoms with Gasteiger partial charge in [-0.15, -0.1) is 0 Å². The molecular weight excluding hydrogens is 362 g/mol. The van der Waals surface area contributed by atoms with Crippen molar-refractivity contribution in [3.05, 3.63) is 60.0 Å². The fraction of sp³-hybridized carbons (Fsp3) is 0.250. The molecule has 0 aliphatic rings. The van der Waals surface area contributed by atoms with E-state index in [1.807, 2.05) is 24.3 Å². The van der Waals surface area contributed by atoms with Crippen molar-refractivity contribution < 1.29 is 23.5 Å². The molecule has 146 valence electrons. The van der Waals surface area contributed by atoms with Crippen LogP contribution in [0.4, 0.5) is 0 Å². The van der Waals surface area contributed by atoms with Crippen molar-refractivity contribution in [2.75, 3.05) is 27.4 Å². The lowest BCUT2D eigenvalue weighted by Gasteiger charge is -2.10. The largest absolute Gasteiger partial charge is 0.497 e. The Morgan fingerprint density at radius 1 is 1.11 bits per heavy atom. The number of methoxy groups -OCH3 is 2. The second-order valence-corrected chi connectivity index (χ2v) is 5.77. The molecule has 0 saturated heterocycles. The van der Waals surface area contributed by atoms with Gasteiger partial charge in [0.05, 0.1) is 19.3 Å². The minimum absolute atomic E-state index is 0.0471. The lowest BCUT2D eigenvalue weighted by atomic mass is 10.2. The molecule has 3 aromatic rings. The molecule has 0 saturated carbocycles. The van der Waals surface area contributed by atoms with Crippen LogP contribution in [0.5, 0.6) is 11.5 Å². The molecule has 2 aromatic carbocycles. The van der Waals surface area contributed by atoms with Crippen LogP contribution in [0.1, 0.15) is 16.2 Å². The average Bonchev–Trinajstić information content (AvgIpc) is 3.21. The van der Waals surface area contributed by atoms with E-state index in [1.54, 1.807) is 38.5 Å². The highest BCUT2D eigenvalue weighted by Gasteiger charge is 2.14. The van der Waals surface area contributed by atoms with Crippen LogP contribution in [0.3, 0.4) is 0 Å². The number of nitrogens with one attached hydrogen (secondary N) is 1. The van der Waals surface area contributed by atoms with Crippen LogP contribution in [0, 0.1) is 0 Å². The van der Waals surface area contributed by atoms with Crippen molar-refractivity contribution >= 4 is 5.91 Å². The summed E-state index contributed by atoms with van der Waals surface area (Å²) in [4.78, 5) is 16.6. The van der Waals surface area contributed by atoms with E-state index in [0.29, 0.717) is 36.2 Å². The number of ether oxygens (including phenoxy) is 3. The first-order valence-electron chi connectivity index (χ1n) is 8.67. The number of hydrogen-bond acceptors (Lipinski definition) is 7. The van der Waals surface area contributed by atoms with Gasteiger partial charge in [-0.2, -0.15) is 4.98 Å². The Balaban J connectivity index is 1.64. The van der Waals surface area contributed by atoms with Crippen LogP contribution < -0.4 is 14.8 Å². The van der Waals surface area contributed by atoms with E-state index in [2.05, 4.69) is 15.5 Å². The Hall–Kier alpha value is -3.39. The van der Waals surface area contributed by atoms with Crippen LogP contribution in [-0.4, -0.2) is 43.4 Å². The molecule has 0 fully saturated rings. The third-order valence-electron chi connectivity index (χ3n) is 3.89. The number of rotatable bonds is 9. The van der Waals surface area contributed by atoms with Crippen LogP contribution in [0.15, 0.2) is 53.1 Å². The summed E-state index contributed by atoms with van der Waals surface area (Å²) < 4.78 is 21.0. The van der Waals surface area contributed by atoms with Gasteiger partial charge < -0.3 is 24.1 Å². The van der Waals surface area contributed by atoms with Crippen LogP contribution >= 0.6 is 0 Å². The standard InChI is InChI=1S/C20H21N3O5/c1-25-12-11-21-20(24)16-5-3-4-6-17(16)27-13-18-22-19(23-28-18)14-7-9-15(26-2)10-8-14/h3-10H,11-13H2,1-2H3,(H,21,24). The molecule has 0 atom stereocenters. The zero-order chi connectivity index (χ0) is 19.8. The molecule has 1 amide bonds. The second kappa shape index (κ2) is 9.52. The fourth-order valence-corrected chi connectivity index (χ4v) is 2.45. The monoisotopic (exact) mass is 383 g/mol. The molecular formula is C20H21N3O5. The van der Waals surface area contributed by atoms with Gasteiger partial charge in [0.2, 0.25) is 5.82 Å². The number of nitrogens with zero attached hydrogens (tertiary/aromatic N) is 2. The highest BCUT2D eigenvalue weighted by molar-refractivity contribution is 5.96. The summed E-state index contributed by atoms with van der Waals surface area (Å²) in [5.41, 5.74) is 1.22. The first kappa shape index (κ1) is 19.4. The maximum absolute atomic E-state index is 12.3. The van der Waals surface area contributed by atoms with Gasteiger partial charge in [0.15, 0.2) is 6.61 Å². The van der Waals surface area contributed by atoms with Crippen molar-refractivity contribution in [1.82, 2.24) is 15.5 Å². The summed E-state index contributed by atoms with van der Waals surface area (Å²) in [5, 5.41) is 6.73. The van der Waals surface area contributed by atoms with Gasteiger partial charge in [-0.1, -0.05) is 17.3 Å². The van der Waals surface area contributed by atoms with Gasteiger partial charge in [0.25, 0.3) is 11.8 Å². The third kappa shape index (κ3) is 4.86. The van der Waals surface area contributed by atoms with Gasteiger partial charge in [-0.05, 0) is 36.4 Å². The zero-order valence-corrected chi connectivity index (χ0v) is 15.7. The smallest absolute Gasteiger partial charge is 0.264 e. The highest BCUT2D eigenvalue weighted by Crippen LogP contribution is 2.22. The number of carbonyl (C=O) groups excluding carboxylic acids is 1. The van der Waals surface area contributed by atoms with Crippen LogP contribution in [0.25, 0.3) is 11.4 Å². The van der Waals surface area contributed by atoms with E-state index < -0.39 is 0 Å². The first-order valence-corrected chi connectivity index (χ1v) is 8.67. The van der Waals surface area contributed by atoms with E-state index in [-0.39, 0.29) is 12.5 Å². The molecule has 1 N–H and O–H groups in total. The number of hydrogen-bond donors (Lipinski definition) is 1. The van der Waals surface area contributed by atoms with Gasteiger partial charge in [-0.25, -0.2) is 0 Å². The van der Waals surface area contributed by atoms with Gasteiger partial charge in [-0.3, -0.25) is 4.79 Å². The predicted octanol–water partition coefficient (Wildman–Crippen LogP) is 2.70. The molecule has 3 rings (SSSR count). The van der Waals surface area contributed by atoms with E-state index in [0.717, 1.165) is 11.3 Å². The van der Waals surface area contributed by atoms with E-state index in [4.69, 9.17) is 18.7 Å². The summed E-state index contributed by atoms with van der Waals surface area (Å²) in [7, 11) is 3.18. The van der Waals surface area contributed by atoms with E-state index >= 15 is 0 Å². The molecule has 0 aliphatic carbocycles. The molecule has 28 heavy (non-hydrogen) atoms. The number of benzene rings is 2. The van der Waals surface area contributed by atoms with Gasteiger partial charge in [0, 0.05) is 19.2 Å². The van der Waals surface area contributed by atoms with Crippen molar-refractivity contribution in [2.45, 2.75) is 6.61 Å². The lowest BCUT2D eigenvalue weighted by molar-refractivity contribution is 0.0931. The molecule has 0 radical (unpaired) electrons. The molecule has 8 nitrogen and oxygen atoms in total. The normalized spacial score (nSPS) is 10.5. The summed E-state index contributed by atoms with van der Waals surface area (Å²) in [6.07, 6.45) is 0. The van der Waals surface area contributed by atoms with Gasteiger partial charge in [0.1, 0.15) is 11.5 Å². The fourth-order valence-electron chi connectivity index (χ4n) is 2.45. The van der Waals surface area contributed by atoms with Crippen molar-refractivity contribution in [2.24, 2.45) is 0 Å². The van der Waals surface area contributed by atoms with Crippen LogP contribution in [0.2, 0.25) is 0 Å². The molecule has 0 aliphatic heterocycles. The number of amides is 1. The zero-order valence-electron chi connectivity index (χ0n) is 15.7. The Morgan fingerprint density at radius 2 is 1.89 bits per heavy atom. The SMILES string of the molecule is COCCNC(=O)c1ccccc1OCc1nc(-c2ccc(OC)cc2)no1. The molecule has 1 aromatic heterocycles. The lowest BCUT2D eigenvalue weighted by Crippen LogP contribution is -2.27. The van der Waals surface area contributed by atoms with Crippen molar-refractivity contribution in [3.63, 3.8) is 0 Å². The van der Waals surface area contributed by atoms with Crippen molar-refractivity contribution in [1.29, 1.82) is 0 Å². The minimum Gasteiger partial charge on any atom is -0.497 e. The quantitative estimate of drug-likeness (QED) is 0.568. The Morgan fingerprint density at radius 3 is 2.64 bits per heavy atom. The molecule has 1 heterocycles.